The van der Waals surface area contributed by atoms with Gasteiger partial charge in [0.25, 0.3) is 0 Å². The Hall–Kier alpha value is -1.34. The lowest BCUT2D eigenvalue weighted by Gasteiger charge is -2.44. The van der Waals surface area contributed by atoms with Crippen LogP contribution < -0.4 is 9.47 Å². The van der Waals surface area contributed by atoms with Gasteiger partial charge in [0.15, 0.2) is 11.5 Å². The average molecular weight is 317 g/mol. The van der Waals surface area contributed by atoms with E-state index in [1.807, 2.05) is 12.1 Å². The van der Waals surface area contributed by atoms with Gasteiger partial charge in [-0.15, -0.1) is 0 Å². The van der Waals surface area contributed by atoms with E-state index in [1.165, 1.54) is 0 Å². The summed E-state index contributed by atoms with van der Waals surface area (Å²) in [5, 5.41) is 33.1. The van der Waals surface area contributed by atoms with E-state index in [4.69, 9.17) is 9.47 Å². The number of rotatable bonds is 0. The molecular formula is C17H19NO5. The van der Waals surface area contributed by atoms with Gasteiger partial charge in [-0.2, -0.15) is 0 Å². The normalized spacial score (nSPS) is 48.7. The highest BCUT2D eigenvalue weighted by atomic mass is 16.7. The molecule has 1 aromatic carbocycles. The summed E-state index contributed by atoms with van der Waals surface area (Å²) in [7, 11) is 0. The van der Waals surface area contributed by atoms with Crippen molar-refractivity contribution in [3.63, 3.8) is 0 Å². The number of ether oxygens (including phenoxy) is 2. The lowest BCUT2D eigenvalue weighted by molar-refractivity contribution is -0.0707. The van der Waals surface area contributed by atoms with E-state index < -0.39 is 17.8 Å². The third-order valence-corrected chi connectivity index (χ3v) is 7.00. The molecule has 0 amide bonds. The molecule has 6 atom stereocenters. The van der Waals surface area contributed by atoms with Crippen LogP contribution in [0.25, 0.3) is 0 Å². The molecule has 1 spiro atoms. The lowest BCUT2D eigenvalue weighted by Crippen LogP contribution is -2.51. The maximum Gasteiger partial charge on any atom is 0.231 e. The zero-order valence-electron chi connectivity index (χ0n) is 12.6. The molecule has 4 bridgehead atoms. The Morgan fingerprint density at radius 1 is 1.13 bits per heavy atom. The van der Waals surface area contributed by atoms with Crippen molar-refractivity contribution in [3.8, 4) is 11.5 Å². The van der Waals surface area contributed by atoms with E-state index in [2.05, 4.69) is 4.90 Å². The first-order valence-electron chi connectivity index (χ1n) is 8.35. The van der Waals surface area contributed by atoms with Crippen LogP contribution in [0.1, 0.15) is 29.9 Å². The molecule has 3 aliphatic heterocycles. The van der Waals surface area contributed by atoms with E-state index in [0.717, 1.165) is 30.5 Å². The van der Waals surface area contributed by atoms with E-state index in [-0.39, 0.29) is 24.2 Å². The Labute approximate surface area is 133 Å². The van der Waals surface area contributed by atoms with Crippen LogP contribution in [0.3, 0.4) is 0 Å². The Bertz CT molecular complexity index is 738. The summed E-state index contributed by atoms with van der Waals surface area (Å²) in [5.74, 6) is 0.783. The maximum atomic E-state index is 11.6. The Morgan fingerprint density at radius 2 is 1.91 bits per heavy atom. The van der Waals surface area contributed by atoms with Crippen LogP contribution >= 0.6 is 0 Å². The number of aliphatic hydroxyl groups excluding tert-OH is 2. The predicted octanol–water partition coefficient (Wildman–Crippen LogP) is -0.100. The summed E-state index contributed by atoms with van der Waals surface area (Å²) in [4.78, 5) is 2.30. The number of nitrogens with zero attached hydrogens (tertiary/aromatic N) is 1. The first kappa shape index (κ1) is 13.0. The van der Waals surface area contributed by atoms with E-state index >= 15 is 0 Å². The van der Waals surface area contributed by atoms with Crippen molar-refractivity contribution < 1.29 is 24.8 Å². The highest BCUT2D eigenvalue weighted by molar-refractivity contribution is 5.58. The average Bonchev–Trinajstić information content (AvgIpc) is 3.19. The molecule has 5 aliphatic rings. The molecule has 6 nitrogen and oxygen atoms in total. The predicted molar refractivity (Wildman–Crippen MR) is 78.2 cm³/mol. The highest BCUT2D eigenvalue weighted by Gasteiger charge is 2.77. The summed E-state index contributed by atoms with van der Waals surface area (Å²) in [6.07, 6.45) is 0.195. The standard InChI is InChI=1S/C17H19NO5/c19-13-12-8-4-10-11(23-7-22-10)5-9(8)17(21)6-18-3-1-2-16(12,18)15(17)14(13)20/h4-5,12-15,19-21H,1-3,6-7H2/t12-,13?,14?,15+,16-,17-/m1/s1. The van der Waals surface area contributed by atoms with Crippen molar-refractivity contribution in [2.75, 3.05) is 19.9 Å². The Kier molecular flexibility index (Phi) is 2.07. The molecule has 3 N–H and O–H groups in total. The van der Waals surface area contributed by atoms with Crippen LogP contribution in [0, 0.1) is 5.92 Å². The minimum absolute atomic E-state index is 0.183. The Balaban J connectivity index is 1.69. The maximum absolute atomic E-state index is 11.6. The van der Waals surface area contributed by atoms with Gasteiger partial charge in [-0.1, -0.05) is 0 Å². The molecule has 23 heavy (non-hydrogen) atoms. The van der Waals surface area contributed by atoms with Crippen molar-refractivity contribution in [2.45, 2.75) is 42.1 Å². The SMILES string of the molecule is OC1C(O)[C@H]2[C@]34CCCN3C[C@@]2(O)c2cc3c(cc2[C@H]14)OCO3. The van der Waals surface area contributed by atoms with Gasteiger partial charge in [0.1, 0.15) is 5.60 Å². The fourth-order valence-corrected chi connectivity index (χ4v) is 6.41. The molecule has 1 saturated carbocycles. The summed E-state index contributed by atoms with van der Waals surface area (Å²) in [6, 6.07) is 3.77. The van der Waals surface area contributed by atoms with E-state index in [1.54, 1.807) is 0 Å². The number of β-amino-alcohol motifs (C(OH)–C–C–N with tert-alkyl or cyclic N) is 1. The fraction of sp³-hybridized carbons (Fsp3) is 0.647. The zero-order valence-corrected chi connectivity index (χ0v) is 12.6. The molecular weight excluding hydrogens is 298 g/mol. The molecule has 3 fully saturated rings. The molecule has 0 aromatic heterocycles. The van der Waals surface area contributed by atoms with Gasteiger partial charge < -0.3 is 24.8 Å². The topological polar surface area (TPSA) is 82.4 Å². The molecule has 2 saturated heterocycles. The van der Waals surface area contributed by atoms with Crippen LogP contribution in [-0.4, -0.2) is 57.8 Å². The monoisotopic (exact) mass is 317 g/mol. The van der Waals surface area contributed by atoms with E-state index in [9.17, 15) is 15.3 Å². The van der Waals surface area contributed by atoms with Crippen LogP contribution in [0.2, 0.25) is 0 Å². The van der Waals surface area contributed by atoms with Crippen molar-refractivity contribution in [1.29, 1.82) is 0 Å². The second kappa shape index (κ2) is 3.67. The number of hydrogen-bond donors (Lipinski definition) is 3. The molecule has 6 heteroatoms. The first-order chi connectivity index (χ1) is 11.1. The fourth-order valence-electron chi connectivity index (χ4n) is 6.41. The second-order valence-electron chi connectivity index (χ2n) is 7.67. The van der Waals surface area contributed by atoms with Gasteiger partial charge in [-0.25, -0.2) is 0 Å². The quantitative estimate of drug-likeness (QED) is 0.620. The number of hydrogen-bond acceptors (Lipinski definition) is 6. The van der Waals surface area contributed by atoms with Gasteiger partial charge in [0.2, 0.25) is 6.79 Å². The van der Waals surface area contributed by atoms with Crippen molar-refractivity contribution in [2.24, 2.45) is 5.92 Å². The van der Waals surface area contributed by atoms with Gasteiger partial charge >= 0.3 is 0 Å². The summed E-state index contributed by atoms with van der Waals surface area (Å²) in [5.41, 5.74) is 0.257. The number of fused-ring (bicyclic) bond motifs is 4. The number of aliphatic hydroxyl groups is 3. The van der Waals surface area contributed by atoms with Gasteiger partial charge in [0.05, 0.1) is 12.2 Å². The van der Waals surface area contributed by atoms with Crippen LogP contribution in [-0.2, 0) is 5.60 Å². The van der Waals surface area contributed by atoms with Gasteiger partial charge in [0, 0.05) is 23.9 Å². The van der Waals surface area contributed by atoms with Gasteiger partial charge in [-0.3, -0.25) is 4.90 Å². The second-order valence-corrected chi connectivity index (χ2v) is 7.67. The van der Waals surface area contributed by atoms with Gasteiger partial charge in [-0.05, 0) is 42.6 Å². The molecule has 2 aliphatic carbocycles. The molecule has 6 rings (SSSR count). The largest absolute Gasteiger partial charge is 0.454 e. The van der Waals surface area contributed by atoms with Crippen LogP contribution in [0.5, 0.6) is 11.5 Å². The molecule has 0 radical (unpaired) electrons. The summed E-state index contributed by atoms with van der Waals surface area (Å²) in [6.45, 7) is 1.62. The van der Waals surface area contributed by atoms with Crippen LogP contribution in [0.4, 0.5) is 0 Å². The van der Waals surface area contributed by atoms with Crippen molar-refractivity contribution >= 4 is 0 Å². The molecule has 122 valence electrons. The first-order valence-corrected chi connectivity index (χ1v) is 8.35. The molecule has 2 unspecified atom stereocenters. The molecule has 1 aromatic rings. The highest BCUT2D eigenvalue weighted by Crippen LogP contribution is 2.69. The third kappa shape index (κ3) is 1.16. The minimum Gasteiger partial charge on any atom is -0.454 e. The van der Waals surface area contributed by atoms with Crippen molar-refractivity contribution in [3.05, 3.63) is 23.3 Å². The van der Waals surface area contributed by atoms with E-state index in [0.29, 0.717) is 18.0 Å². The Morgan fingerprint density at radius 3 is 2.74 bits per heavy atom. The number of benzene rings is 1. The van der Waals surface area contributed by atoms with Crippen LogP contribution in [0.15, 0.2) is 12.1 Å². The molecule has 3 heterocycles. The smallest absolute Gasteiger partial charge is 0.231 e. The summed E-state index contributed by atoms with van der Waals surface area (Å²) < 4.78 is 11.0. The minimum atomic E-state index is -1.13. The van der Waals surface area contributed by atoms with Crippen molar-refractivity contribution in [1.82, 2.24) is 4.90 Å². The lowest BCUT2D eigenvalue weighted by atomic mass is 9.64. The summed E-state index contributed by atoms with van der Waals surface area (Å²) >= 11 is 0. The zero-order chi connectivity index (χ0) is 15.6. The third-order valence-electron chi connectivity index (χ3n) is 7.00.